The van der Waals surface area contributed by atoms with Crippen LogP contribution in [0.5, 0.6) is 0 Å². The number of carbonyl (C=O) groups excluding carboxylic acids is 1. The zero-order valence-corrected chi connectivity index (χ0v) is 10.3. The summed E-state index contributed by atoms with van der Waals surface area (Å²) in [5, 5.41) is 3.22. The first kappa shape index (κ1) is 12.1. The Morgan fingerprint density at radius 2 is 2.12 bits per heavy atom. The average Bonchev–Trinajstić information content (AvgIpc) is 2.69. The van der Waals surface area contributed by atoms with Crippen LogP contribution >= 0.6 is 0 Å². The van der Waals surface area contributed by atoms with Gasteiger partial charge in [0, 0.05) is 13.7 Å². The molecule has 1 unspecified atom stereocenters. The standard InChI is InChI=1S/C13H18N2O2/c1-10-3-5-11(6-4-10)13-14-9-12(16)15(13)7-8-17-2/h3-6,13-14H,7-9H2,1-2H3. The van der Waals surface area contributed by atoms with Crippen LogP contribution in [0.1, 0.15) is 17.3 Å². The minimum absolute atomic E-state index is 0.0155. The first-order chi connectivity index (χ1) is 8.22. The molecule has 0 saturated carbocycles. The third-order valence-electron chi connectivity index (χ3n) is 3.01. The number of nitrogens with one attached hydrogen (secondary N) is 1. The number of hydrogen-bond acceptors (Lipinski definition) is 3. The van der Waals surface area contributed by atoms with Crippen LogP contribution in [-0.2, 0) is 9.53 Å². The van der Waals surface area contributed by atoms with Crippen LogP contribution in [-0.4, -0.2) is 37.6 Å². The van der Waals surface area contributed by atoms with E-state index in [0.29, 0.717) is 19.7 Å². The van der Waals surface area contributed by atoms with Crippen molar-refractivity contribution in [2.75, 3.05) is 26.8 Å². The molecule has 0 radical (unpaired) electrons. The molecule has 1 N–H and O–H groups in total. The van der Waals surface area contributed by atoms with Gasteiger partial charge in [-0.05, 0) is 12.5 Å². The van der Waals surface area contributed by atoms with Crippen LogP contribution in [0.15, 0.2) is 24.3 Å². The molecule has 0 bridgehead atoms. The van der Waals surface area contributed by atoms with Crippen LogP contribution in [0.25, 0.3) is 0 Å². The molecular weight excluding hydrogens is 216 g/mol. The number of rotatable bonds is 4. The third kappa shape index (κ3) is 2.65. The van der Waals surface area contributed by atoms with Crippen molar-refractivity contribution in [3.8, 4) is 0 Å². The largest absolute Gasteiger partial charge is 0.383 e. The van der Waals surface area contributed by atoms with E-state index in [9.17, 15) is 4.79 Å². The van der Waals surface area contributed by atoms with Gasteiger partial charge < -0.3 is 9.64 Å². The smallest absolute Gasteiger partial charge is 0.238 e. The van der Waals surface area contributed by atoms with E-state index >= 15 is 0 Å². The van der Waals surface area contributed by atoms with Crippen molar-refractivity contribution < 1.29 is 9.53 Å². The minimum Gasteiger partial charge on any atom is -0.383 e. The Labute approximate surface area is 102 Å². The molecule has 0 aromatic heterocycles. The first-order valence-electron chi connectivity index (χ1n) is 5.80. The highest BCUT2D eigenvalue weighted by atomic mass is 16.5. The summed E-state index contributed by atoms with van der Waals surface area (Å²) in [6.07, 6.45) is -0.0155. The average molecular weight is 234 g/mol. The van der Waals surface area contributed by atoms with Crippen molar-refractivity contribution in [1.82, 2.24) is 10.2 Å². The Morgan fingerprint density at radius 1 is 1.41 bits per heavy atom. The molecule has 1 saturated heterocycles. The first-order valence-corrected chi connectivity index (χ1v) is 5.80. The normalized spacial score (nSPS) is 20.0. The number of hydrogen-bond donors (Lipinski definition) is 1. The fourth-order valence-electron chi connectivity index (χ4n) is 2.03. The van der Waals surface area contributed by atoms with Crippen LogP contribution in [0.3, 0.4) is 0 Å². The van der Waals surface area contributed by atoms with E-state index in [1.165, 1.54) is 5.56 Å². The molecule has 92 valence electrons. The maximum Gasteiger partial charge on any atom is 0.238 e. The Kier molecular flexibility index (Phi) is 3.76. The maximum atomic E-state index is 11.7. The lowest BCUT2D eigenvalue weighted by atomic mass is 10.1. The molecule has 1 aromatic carbocycles. The van der Waals surface area contributed by atoms with E-state index in [2.05, 4.69) is 36.5 Å². The molecule has 17 heavy (non-hydrogen) atoms. The number of carbonyl (C=O) groups is 1. The molecule has 1 heterocycles. The van der Waals surface area contributed by atoms with Crippen molar-refractivity contribution in [3.63, 3.8) is 0 Å². The zero-order valence-electron chi connectivity index (χ0n) is 10.3. The molecule has 1 fully saturated rings. The van der Waals surface area contributed by atoms with Crippen molar-refractivity contribution in [2.45, 2.75) is 13.1 Å². The summed E-state index contributed by atoms with van der Waals surface area (Å²) in [6, 6.07) is 8.25. The van der Waals surface area contributed by atoms with Gasteiger partial charge in [-0.2, -0.15) is 0 Å². The summed E-state index contributed by atoms with van der Waals surface area (Å²) >= 11 is 0. The number of methoxy groups -OCH3 is 1. The Hall–Kier alpha value is -1.39. The van der Waals surface area contributed by atoms with Crippen LogP contribution in [0.2, 0.25) is 0 Å². The van der Waals surface area contributed by atoms with Gasteiger partial charge in [-0.1, -0.05) is 29.8 Å². The minimum atomic E-state index is -0.0155. The van der Waals surface area contributed by atoms with E-state index in [4.69, 9.17) is 4.74 Å². The SMILES string of the molecule is COCCN1C(=O)CNC1c1ccc(C)cc1. The molecule has 1 atom stereocenters. The Morgan fingerprint density at radius 3 is 2.76 bits per heavy atom. The predicted molar refractivity (Wildman–Crippen MR) is 65.5 cm³/mol. The van der Waals surface area contributed by atoms with Crippen molar-refractivity contribution >= 4 is 5.91 Å². The van der Waals surface area contributed by atoms with Gasteiger partial charge in [0.1, 0.15) is 6.17 Å². The quantitative estimate of drug-likeness (QED) is 0.847. The topological polar surface area (TPSA) is 41.6 Å². The molecule has 1 aliphatic heterocycles. The number of amides is 1. The second-order valence-electron chi connectivity index (χ2n) is 4.27. The Bertz CT molecular complexity index is 389. The fraction of sp³-hybridized carbons (Fsp3) is 0.462. The number of benzene rings is 1. The second kappa shape index (κ2) is 5.29. The molecule has 1 aliphatic rings. The van der Waals surface area contributed by atoms with E-state index in [-0.39, 0.29) is 12.1 Å². The molecule has 1 aromatic rings. The van der Waals surface area contributed by atoms with E-state index in [0.717, 1.165) is 5.56 Å². The van der Waals surface area contributed by atoms with Gasteiger partial charge in [-0.15, -0.1) is 0 Å². The van der Waals surface area contributed by atoms with Gasteiger partial charge in [-0.3, -0.25) is 10.1 Å². The van der Waals surface area contributed by atoms with Crippen molar-refractivity contribution in [2.24, 2.45) is 0 Å². The number of nitrogens with zero attached hydrogens (tertiary/aromatic N) is 1. The molecule has 4 nitrogen and oxygen atoms in total. The molecule has 0 aliphatic carbocycles. The van der Waals surface area contributed by atoms with E-state index < -0.39 is 0 Å². The highest BCUT2D eigenvalue weighted by Crippen LogP contribution is 2.22. The summed E-state index contributed by atoms with van der Waals surface area (Å²) in [7, 11) is 1.65. The van der Waals surface area contributed by atoms with Crippen molar-refractivity contribution in [3.05, 3.63) is 35.4 Å². The van der Waals surface area contributed by atoms with E-state index in [1.54, 1.807) is 7.11 Å². The molecule has 4 heteroatoms. The fourth-order valence-corrected chi connectivity index (χ4v) is 2.03. The monoisotopic (exact) mass is 234 g/mol. The number of aryl methyl sites for hydroxylation is 1. The van der Waals surface area contributed by atoms with Crippen LogP contribution < -0.4 is 5.32 Å². The second-order valence-corrected chi connectivity index (χ2v) is 4.27. The summed E-state index contributed by atoms with van der Waals surface area (Å²) in [5.41, 5.74) is 2.35. The molecular formula is C13H18N2O2. The van der Waals surface area contributed by atoms with Gasteiger partial charge in [0.25, 0.3) is 0 Å². The van der Waals surface area contributed by atoms with Crippen LogP contribution in [0.4, 0.5) is 0 Å². The summed E-state index contributed by atoms with van der Waals surface area (Å²) in [6.45, 7) is 3.65. The zero-order chi connectivity index (χ0) is 12.3. The van der Waals surface area contributed by atoms with Crippen molar-refractivity contribution in [1.29, 1.82) is 0 Å². The van der Waals surface area contributed by atoms with Crippen LogP contribution in [0, 0.1) is 6.92 Å². The lowest BCUT2D eigenvalue weighted by Gasteiger charge is -2.24. The van der Waals surface area contributed by atoms with Gasteiger partial charge >= 0.3 is 0 Å². The van der Waals surface area contributed by atoms with Gasteiger partial charge in [0.2, 0.25) is 5.91 Å². The highest BCUT2D eigenvalue weighted by Gasteiger charge is 2.30. The maximum absolute atomic E-state index is 11.7. The summed E-state index contributed by atoms with van der Waals surface area (Å²) in [5.74, 6) is 0.132. The Balaban J connectivity index is 2.13. The summed E-state index contributed by atoms with van der Waals surface area (Å²) < 4.78 is 5.03. The molecule has 2 rings (SSSR count). The third-order valence-corrected chi connectivity index (χ3v) is 3.01. The number of ether oxygens (including phenoxy) is 1. The van der Waals surface area contributed by atoms with Gasteiger partial charge in [-0.25, -0.2) is 0 Å². The highest BCUT2D eigenvalue weighted by molar-refractivity contribution is 5.80. The summed E-state index contributed by atoms with van der Waals surface area (Å²) in [4.78, 5) is 13.6. The predicted octanol–water partition coefficient (Wildman–Crippen LogP) is 1.07. The molecule has 0 spiro atoms. The van der Waals surface area contributed by atoms with E-state index in [1.807, 2.05) is 4.90 Å². The molecule has 1 amide bonds. The lowest BCUT2D eigenvalue weighted by Crippen LogP contribution is -2.33. The lowest BCUT2D eigenvalue weighted by molar-refractivity contribution is -0.128. The van der Waals surface area contributed by atoms with Gasteiger partial charge in [0.05, 0.1) is 13.2 Å². The van der Waals surface area contributed by atoms with Gasteiger partial charge in [0.15, 0.2) is 0 Å².